The van der Waals surface area contributed by atoms with E-state index < -0.39 is 0 Å². The molecule has 2 fully saturated rings. The van der Waals surface area contributed by atoms with E-state index in [2.05, 4.69) is 67.3 Å². The maximum absolute atomic E-state index is 6.47. The van der Waals surface area contributed by atoms with E-state index in [-0.39, 0.29) is 16.6 Å². The molecule has 1 saturated carbocycles. The van der Waals surface area contributed by atoms with Crippen molar-refractivity contribution in [2.45, 2.75) is 95.3 Å². The van der Waals surface area contributed by atoms with Crippen LogP contribution >= 0.6 is 11.3 Å². The zero-order valence-corrected chi connectivity index (χ0v) is 20.0. The minimum Gasteiger partial charge on any atom is -0.351 e. The van der Waals surface area contributed by atoms with Crippen LogP contribution in [-0.4, -0.2) is 32.6 Å². The molecule has 0 amide bonds. The minimum absolute atomic E-state index is 0.0804. The van der Waals surface area contributed by atoms with Gasteiger partial charge in [-0.1, -0.05) is 31.1 Å². The lowest BCUT2D eigenvalue weighted by molar-refractivity contribution is 0.170. The number of piperidine rings is 1. The summed E-state index contributed by atoms with van der Waals surface area (Å²) in [7, 11) is 0. The fourth-order valence-electron chi connectivity index (χ4n) is 5.21. The molecule has 4 rings (SSSR count). The zero-order chi connectivity index (χ0) is 22.1. The second-order valence-corrected chi connectivity index (χ2v) is 11.6. The summed E-state index contributed by atoms with van der Waals surface area (Å²) in [5.41, 5.74) is 7.25. The molecule has 0 bridgehead atoms. The Morgan fingerprint density at radius 1 is 1.06 bits per heavy atom. The summed E-state index contributed by atoms with van der Waals surface area (Å²) in [4.78, 5) is 11.4. The summed E-state index contributed by atoms with van der Waals surface area (Å²) in [5.74, 6) is 7.36. The third kappa shape index (κ3) is 5.85. The summed E-state index contributed by atoms with van der Waals surface area (Å²) < 4.78 is 0. The van der Waals surface area contributed by atoms with Crippen LogP contribution in [0.1, 0.15) is 77.5 Å². The van der Waals surface area contributed by atoms with E-state index in [0.717, 1.165) is 41.1 Å². The Hall–Kier alpha value is -1.94. The molecular formula is C25H35N5S. The van der Waals surface area contributed by atoms with Crippen LogP contribution in [-0.2, 0) is 0 Å². The Morgan fingerprint density at radius 3 is 2.48 bits per heavy atom. The topological polar surface area (TPSA) is 75.9 Å². The lowest BCUT2D eigenvalue weighted by Gasteiger charge is -2.46. The fourth-order valence-corrected chi connectivity index (χ4v) is 6.04. The first-order chi connectivity index (χ1) is 14.6. The van der Waals surface area contributed by atoms with Crippen LogP contribution in [0.2, 0.25) is 0 Å². The molecule has 1 saturated heterocycles. The molecule has 0 aromatic carbocycles. The maximum Gasteiger partial charge on any atom is 0.223 e. The van der Waals surface area contributed by atoms with Gasteiger partial charge in [-0.05, 0) is 71.6 Å². The molecule has 6 heteroatoms. The van der Waals surface area contributed by atoms with Gasteiger partial charge in [0, 0.05) is 23.3 Å². The van der Waals surface area contributed by atoms with Gasteiger partial charge in [0.05, 0.1) is 21.0 Å². The van der Waals surface area contributed by atoms with Gasteiger partial charge in [-0.15, -0.1) is 11.3 Å². The highest BCUT2D eigenvalue weighted by molar-refractivity contribution is 7.16. The molecule has 2 aliphatic rings. The third-order valence-corrected chi connectivity index (χ3v) is 7.24. The molecule has 0 atom stereocenters. The van der Waals surface area contributed by atoms with Gasteiger partial charge < -0.3 is 16.4 Å². The van der Waals surface area contributed by atoms with Crippen molar-refractivity contribution < 1.29 is 0 Å². The number of nitrogens with two attached hydrogens (primary N) is 1. The number of nitrogens with one attached hydrogen (secondary N) is 2. The normalized spacial score (nSPS) is 22.4. The molecule has 3 heterocycles. The van der Waals surface area contributed by atoms with E-state index in [4.69, 9.17) is 10.7 Å². The molecule has 4 N–H and O–H groups in total. The molecule has 31 heavy (non-hydrogen) atoms. The van der Waals surface area contributed by atoms with Gasteiger partial charge in [-0.3, -0.25) is 0 Å². The van der Waals surface area contributed by atoms with Crippen LogP contribution in [0.3, 0.4) is 0 Å². The van der Waals surface area contributed by atoms with Gasteiger partial charge in [0.15, 0.2) is 0 Å². The first kappa shape index (κ1) is 22.3. The molecule has 0 radical (unpaired) electrons. The van der Waals surface area contributed by atoms with Gasteiger partial charge >= 0.3 is 0 Å². The summed E-state index contributed by atoms with van der Waals surface area (Å²) >= 11 is 1.67. The Bertz CT molecular complexity index is 959. The lowest BCUT2D eigenvalue weighted by Crippen LogP contribution is -2.60. The molecule has 0 spiro atoms. The molecule has 166 valence electrons. The smallest absolute Gasteiger partial charge is 0.223 e. The molecule has 1 aliphatic carbocycles. The van der Waals surface area contributed by atoms with Gasteiger partial charge in [-0.25, -0.2) is 9.97 Å². The van der Waals surface area contributed by atoms with E-state index in [9.17, 15) is 0 Å². The van der Waals surface area contributed by atoms with Crippen molar-refractivity contribution in [3.05, 3.63) is 29.3 Å². The number of nitrogens with zero attached hydrogens (tertiary/aromatic N) is 2. The molecule has 1 aliphatic heterocycles. The predicted octanol–water partition coefficient (Wildman–Crippen LogP) is 4.94. The fraction of sp³-hybridized carbons (Fsp3) is 0.600. The second kappa shape index (κ2) is 8.54. The molecule has 5 nitrogen and oxygen atoms in total. The van der Waals surface area contributed by atoms with Crippen molar-refractivity contribution in [2.75, 3.05) is 5.32 Å². The van der Waals surface area contributed by atoms with Crippen LogP contribution in [0.4, 0.5) is 5.95 Å². The van der Waals surface area contributed by atoms with Crippen molar-refractivity contribution in [1.82, 2.24) is 15.3 Å². The van der Waals surface area contributed by atoms with Crippen molar-refractivity contribution in [1.29, 1.82) is 0 Å². The highest BCUT2D eigenvalue weighted by Crippen LogP contribution is 2.31. The number of hydrogen-bond donors (Lipinski definition) is 3. The monoisotopic (exact) mass is 437 g/mol. The largest absolute Gasteiger partial charge is 0.351 e. The summed E-state index contributed by atoms with van der Waals surface area (Å²) in [6.45, 7) is 9.03. The maximum atomic E-state index is 6.47. The third-order valence-electron chi connectivity index (χ3n) is 6.22. The van der Waals surface area contributed by atoms with Gasteiger partial charge in [0.2, 0.25) is 5.95 Å². The van der Waals surface area contributed by atoms with Gasteiger partial charge in [0.25, 0.3) is 0 Å². The Balaban J connectivity index is 1.47. The van der Waals surface area contributed by atoms with Crippen LogP contribution in [0.25, 0.3) is 10.6 Å². The van der Waals surface area contributed by atoms with E-state index in [0.29, 0.717) is 12.0 Å². The molecular weight excluding hydrogens is 402 g/mol. The van der Waals surface area contributed by atoms with Crippen LogP contribution in [0.5, 0.6) is 0 Å². The van der Waals surface area contributed by atoms with Crippen LogP contribution in [0, 0.1) is 11.8 Å². The summed E-state index contributed by atoms with van der Waals surface area (Å²) in [5, 5.41) is 7.31. The Labute approximate surface area is 190 Å². The second-order valence-electron chi connectivity index (χ2n) is 10.5. The SMILES string of the molecule is CC1(C)CC(Nc2nccc(-c3ccc(C#CC4(N)CCCCC4)s3)n2)CC(C)(C)N1. The van der Waals surface area contributed by atoms with E-state index >= 15 is 0 Å². The first-order valence-corrected chi connectivity index (χ1v) is 12.2. The number of thiophene rings is 1. The van der Waals surface area contributed by atoms with Crippen molar-refractivity contribution >= 4 is 17.3 Å². The van der Waals surface area contributed by atoms with Gasteiger partial charge in [0.1, 0.15) is 0 Å². The molecule has 2 aromatic rings. The number of aromatic nitrogens is 2. The quantitative estimate of drug-likeness (QED) is 0.593. The Morgan fingerprint density at radius 2 is 1.77 bits per heavy atom. The number of hydrogen-bond acceptors (Lipinski definition) is 6. The lowest BCUT2D eigenvalue weighted by atomic mass is 9.80. The van der Waals surface area contributed by atoms with Crippen LogP contribution < -0.4 is 16.4 Å². The highest BCUT2D eigenvalue weighted by atomic mass is 32.1. The summed E-state index contributed by atoms with van der Waals surface area (Å²) in [6, 6.07) is 6.48. The van der Waals surface area contributed by atoms with E-state index in [1.807, 2.05) is 12.3 Å². The van der Waals surface area contributed by atoms with Gasteiger partial charge in [-0.2, -0.15) is 0 Å². The van der Waals surface area contributed by atoms with Crippen molar-refractivity contribution in [3.63, 3.8) is 0 Å². The number of anilines is 1. The standard InChI is InChI=1S/C25H35N5S/c1-23(2)16-18(17-24(3,4)30-23)28-22-27-15-11-20(29-22)21-9-8-19(31-21)10-14-25(26)12-6-5-7-13-25/h8-9,11,15,18,30H,5-7,12-13,16-17,26H2,1-4H3,(H,27,28,29). The molecule has 2 aromatic heterocycles. The van der Waals surface area contributed by atoms with Crippen LogP contribution in [0.15, 0.2) is 24.4 Å². The average Bonchev–Trinajstić information content (AvgIpc) is 3.14. The molecule has 0 unspecified atom stereocenters. The average molecular weight is 438 g/mol. The van der Waals surface area contributed by atoms with Crippen molar-refractivity contribution in [2.24, 2.45) is 5.73 Å². The van der Waals surface area contributed by atoms with E-state index in [1.54, 1.807) is 11.3 Å². The minimum atomic E-state index is -0.315. The summed E-state index contributed by atoms with van der Waals surface area (Å²) in [6.07, 6.45) is 9.55. The van der Waals surface area contributed by atoms with E-state index in [1.165, 1.54) is 19.3 Å². The Kier molecular flexibility index (Phi) is 6.13. The van der Waals surface area contributed by atoms with Crippen molar-refractivity contribution in [3.8, 4) is 22.4 Å². The first-order valence-electron chi connectivity index (χ1n) is 11.4. The predicted molar refractivity (Wildman–Crippen MR) is 130 cm³/mol. The number of rotatable bonds is 3. The highest BCUT2D eigenvalue weighted by Gasteiger charge is 2.37. The zero-order valence-electron chi connectivity index (χ0n) is 19.2.